The number of rotatable bonds is 5. The Labute approximate surface area is 123 Å². The molecule has 0 aromatic heterocycles. The highest BCUT2D eigenvalue weighted by atomic mass is 16.5. The van der Waals surface area contributed by atoms with Crippen molar-refractivity contribution in [2.24, 2.45) is 0 Å². The molecule has 0 saturated heterocycles. The SMILES string of the molecule is COC(=O)C(C(=O)c1ccc(OC)cc1)c1ccccc1. The van der Waals surface area contributed by atoms with E-state index in [9.17, 15) is 9.59 Å². The van der Waals surface area contributed by atoms with Gasteiger partial charge in [-0.1, -0.05) is 30.3 Å². The van der Waals surface area contributed by atoms with Gasteiger partial charge in [-0.2, -0.15) is 0 Å². The van der Waals surface area contributed by atoms with Crippen LogP contribution in [0.5, 0.6) is 5.75 Å². The second-order valence-electron chi connectivity index (χ2n) is 4.46. The van der Waals surface area contributed by atoms with E-state index in [1.165, 1.54) is 7.11 Å². The molecule has 1 atom stereocenters. The van der Waals surface area contributed by atoms with Gasteiger partial charge in [-0.15, -0.1) is 0 Å². The molecule has 0 N–H and O–H groups in total. The average molecular weight is 284 g/mol. The number of carbonyl (C=O) groups is 2. The highest BCUT2D eigenvalue weighted by molar-refractivity contribution is 6.12. The molecule has 4 nitrogen and oxygen atoms in total. The van der Waals surface area contributed by atoms with E-state index in [0.717, 1.165) is 0 Å². The Hall–Kier alpha value is -2.62. The molecule has 0 heterocycles. The fourth-order valence-corrected chi connectivity index (χ4v) is 2.08. The first-order valence-corrected chi connectivity index (χ1v) is 6.48. The zero-order valence-corrected chi connectivity index (χ0v) is 11.9. The van der Waals surface area contributed by atoms with Crippen LogP contribution in [0.2, 0.25) is 0 Å². The van der Waals surface area contributed by atoms with Crippen LogP contribution in [0.1, 0.15) is 21.8 Å². The van der Waals surface area contributed by atoms with Gasteiger partial charge in [0.2, 0.25) is 0 Å². The Morgan fingerprint density at radius 2 is 1.52 bits per heavy atom. The summed E-state index contributed by atoms with van der Waals surface area (Å²) in [6.45, 7) is 0. The van der Waals surface area contributed by atoms with E-state index in [-0.39, 0.29) is 5.78 Å². The smallest absolute Gasteiger partial charge is 0.321 e. The molecule has 2 aromatic carbocycles. The van der Waals surface area contributed by atoms with E-state index in [1.54, 1.807) is 55.6 Å². The van der Waals surface area contributed by atoms with Crippen LogP contribution in [0.25, 0.3) is 0 Å². The van der Waals surface area contributed by atoms with Gasteiger partial charge in [0, 0.05) is 5.56 Å². The molecule has 0 aliphatic heterocycles. The highest BCUT2D eigenvalue weighted by Gasteiger charge is 2.30. The van der Waals surface area contributed by atoms with Crippen molar-refractivity contribution < 1.29 is 19.1 Å². The molecular weight excluding hydrogens is 268 g/mol. The zero-order chi connectivity index (χ0) is 15.2. The number of hydrogen-bond acceptors (Lipinski definition) is 4. The zero-order valence-electron chi connectivity index (χ0n) is 11.9. The Morgan fingerprint density at radius 3 is 2.05 bits per heavy atom. The summed E-state index contributed by atoms with van der Waals surface area (Å²) in [5.41, 5.74) is 1.06. The average Bonchev–Trinajstić information content (AvgIpc) is 2.55. The summed E-state index contributed by atoms with van der Waals surface area (Å²) in [7, 11) is 2.83. The first kappa shape index (κ1) is 14.8. The predicted octanol–water partition coefficient (Wildman–Crippen LogP) is 2.83. The van der Waals surface area contributed by atoms with Gasteiger partial charge in [-0.3, -0.25) is 9.59 Å². The molecule has 0 bridgehead atoms. The summed E-state index contributed by atoms with van der Waals surface area (Å²) in [5, 5.41) is 0. The second kappa shape index (κ2) is 6.70. The van der Waals surface area contributed by atoms with Gasteiger partial charge in [-0.25, -0.2) is 0 Å². The van der Waals surface area contributed by atoms with Crippen LogP contribution in [0.3, 0.4) is 0 Å². The topological polar surface area (TPSA) is 52.6 Å². The molecule has 1 unspecified atom stereocenters. The maximum atomic E-state index is 12.6. The molecule has 2 rings (SSSR count). The van der Waals surface area contributed by atoms with Crippen molar-refractivity contribution in [1.82, 2.24) is 0 Å². The summed E-state index contributed by atoms with van der Waals surface area (Å²) in [5.74, 6) is -1.16. The molecule has 0 aliphatic rings. The predicted molar refractivity (Wildman–Crippen MR) is 78.5 cm³/mol. The Kier molecular flexibility index (Phi) is 4.72. The Balaban J connectivity index is 2.36. The lowest BCUT2D eigenvalue weighted by Crippen LogP contribution is -2.23. The lowest BCUT2D eigenvalue weighted by atomic mass is 9.90. The summed E-state index contributed by atoms with van der Waals surface area (Å²) in [6, 6.07) is 15.5. The fraction of sp³-hybridized carbons (Fsp3) is 0.176. The standard InChI is InChI=1S/C17H16O4/c1-20-14-10-8-13(9-11-14)16(18)15(17(19)21-2)12-6-4-3-5-7-12/h3-11,15H,1-2H3. The molecule has 108 valence electrons. The summed E-state index contributed by atoms with van der Waals surface area (Å²) >= 11 is 0. The minimum Gasteiger partial charge on any atom is -0.497 e. The quantitative estimate of drug-likeness (QED) is 0.481. The van der Waals surface area contributed by atoms with E-state index < -0.39 is 11.9 Å². The lowest BCUT2D eigenvalue weighted by molar-refractivity contribution is -0.141. The van der Waals surface area contributed by atoms with Crippen LogP contribution in [-0.4, -0.2) is 26.0 Å². The largest absolute Gasteiger partial charge is 0.497 e. The molecule has 21 heavy (non-hydrogen) atoms. The number of benzene rings is 2. The van der Waals surface area contributed by atoms with E-state index in [0.29, 0.717) is 16.9 Å². The van der Waals surface area contributed by atoms with Crippen molar-refractivity contribution in [2.75, 3.05) is 14.2 Å². The fourth-order valence-electron chi connectivity index (χ4n) is 2.08. The number of carbonyl (C=O) groups excluding carboxylic acids is 2. The van der Waals surface area contributed by atoms with Crippen LogP contribution in [0, 0.1) is 0 Å². The van der Waals surface area contributed by atoms with Gasteiger partial charge in [0.15, 0.2) is 5.78 Å². The van der Waals surface area contributed by atoms with E-state index in [4.69, 9.17) is 9.47 Å². The normalized spacial score (nSPS) is 11.5. The van der Waals surface area contributed by atoms with Crippen LogP contribution in [0.15, 0.2) is 54.6 Å². The van der Waals surface area contributed by atoms with Crippen molar-refractivity contribution in [1.29, 1.82) is 0 Å². The van der Waals surface area contributed by atoms with Crippen molar-refractivity contribution in [3.05, 3.63) is 65.7 Å². The minimum absolute atomic E-state index is 0.296. The summed E-state index contributed by atoms with van der Waals surface area (Å²) in [6.07, 6.45) is 0. The van der Waals surface area contributed by atoms with Gasteiger partial charge >= 0.3 is 5.97 Å². The van der Waals surface area contributed by atoms with Crippen LogP contribution < -0.4 is 4.74 Å². The van der Waals surface area contributed by atoms with E-state index in [1.807, 2.05) is 6.07 Å². The van der Waals surface area contributed by atoms with E-state index >= 15 is 0 Å². The molecular formula is C17H16O4. The Bertz CT molecular complexity index is 617. The molecule has 0 aliphatic carbocycles. The van der Waals surface area contributed by atoms with Crippen molar-refractivity contribution in [2.45, 2.75) is 5.92 Å². The lowest BCUT2D eigenvalue weighted by Gasteiger charge is -2.14. The number of methoxy groups -OCH3 is 2. The van der Waals surface area contributed by atoms with Gasteiger partial charge in [0.25, 0.3) is 0 Å². The van der Waals surface area contributed by atoms with Crippen LogP contribution in [0.4, 0.5) is 0 Å². The third-order valence-electron chi connectivity index (χ3n) is 3.21. The highest BCUT2D eigenvalue weighted by Crippen LogP contribution is 2.23. The first-order valence-electron chi connectivity index (χ1n) is 6.48. The van der Waals surface area contributed by atoms with Gasteiger partial charge in [0.05, 0.1) is 14.2 Å². The van der Waals surface area contributed by atoms with Crippen molar-refractivity contribution >= 4 is 11.8 Å². The second-order valence-corrected chi connectivity index (χ2v) is 4.46. The van der Waals surface area contributed by atoms with E-state index in [2.05, 4.69) is 0 Å². The monoisotopic (exact) mass is 284 g/mol. The molecule has 2 aromatic rings. The molecule has 4 heteroatoms. The van der Waals surface area contributed by atoms with Crippen molar-refractivity contribution in [3.8, 4) is 5.75 Å². The summed E-state index contributed by atoms with van der Waals surface area (Å²) in [4.78, 5) is 24.6. The molecule has 0 spiro atoms. The maximum absolute atomic E-state index is 12.6. The van der Waals surface area contributed by atoms with Crippen LogP contribution >= 0.6 is 0 Å². The number of Topliss-reactive ketones (excluding diaryl/α,β-unsaturated/α-hetero) is 1. The third kappa shape index (κ3) is 3.28. The molecule has 0 fully saturated rings. The molecule has 0 amide bonds. The maximum Gasteiger partial charge on any atom is 0.321 e. The first-order chi connectivity index (χ1) is 10.2. The van der Waals surface area contributed by atoms with Crippen molar-refractivity contribution in [3.63, 3.8) is 0 Å². The number of esters is 1. The van der Waals surface area contributed by atoms with Gasteiger partial charge in [-0.05, 0) is 29.8 Å². The minimum atomic E-state index is -0.954. The van der Waals surface area contributed by atoms with Gasteiger partial charge in [0.1, 0.15) is 11.7 Å². The molecule has 0 saturated carbocycles. The molecule has 0 radical (unpaired) electrons. The van der Waals surface area contributed by atoms with Gasteiger partial charge < -0.3 is 9.47 Å². The third-order valence-corrected chi connectivity index (χ3v) is 3.21. The Morgan fingerprint density at radius 1 is 0.905 bits per heavy atom. The van der Waals surface area contributed by atoms with Crippen LogP contribution in [-0.2, 0) is 9.53 Å². The number of ether oxygens (including phenoxy) is 2. The number of hydrogen-bond donors (Lipinski definition) is 0. The number of ketones is 1. The summed E-state index contributed by atoms with van der Waals surface area (Å²) < 4.78 is 9.83.